The monoisotopic (exact) mass is 312 g/mol. The number of allylic oxidation sites excluding steroid dienone is 4. The summed E-state index contributed by atoms with van der Waals surface area (Å²) in [7, 11) is 0. The molecule has 4 N–H and O–H groups in total. The number of ketones is 1. The Hall–Kier alpha value is -1.43. The van der Waals surface area contributed by atoms with Gasteiger partial charge in [-0.15, -0.1) is 0 Å². The number of aliphatic hydroxyl groups excluding tert-OH is 4. The Morgan fingerprint density at radius 3 is 2.41 bits per heavy atom. The van der Waals surface area contributed by atoms with E-state index in [-0.39, 0.29) is 5.76 Å². The number of hydrogen-bond acceptors (Lipinski definition) is 5. The largest absolute Gasteiger partial charge is 0.508 e. The molecular formula is C17H28O5. The lowest BCUT2D eigenvalue weighted by Gasteiger charge is -2.11. The van der Waals surface area contributed by atoms with Gasteiger partial charge >= 0.3 is 0 Å². The summed E-state index contributed by atoms with van der Waals surface area (Å²) in [6, 6.07) is 0. The minimum Gasteiger partial charge on any atom is -0.508 e. The third-order valence-electron chi connectivity index (χ3n) is 3.12. The third-order valence-corrected chi connectivity index (χ3v) is 3.12. The molecule has 0 radical (unpaired) electrons. The zero-order valence-corrected chi connectivity index (χ0v) is 13.2. The van der Waals surface area contributed by atoms with Crippen LogP contribution in [-0.2, 0) is 4.79 Å². The summed E-state index contributed by atoms with van der Waals surface area (Å²) in [5.41, 5.74) is 0. The van der Waals surface area contributed by atoms with Gasteiger partial charge in [0.25, 0.3) is 0 Å². The predicted molar refractivity (Wildman–Crippen MR) is 86.5 cm³/mol. The van der Waals surface area contributed by atoms with Crippen molar-refractivity contribution in [2.45, 2.75) is 57.7 Å². The highest BCUT2D eigenvalue weighted by atomic mass is 16.4. The molecule has 0 amide bonds. The van der Waals surface area contributed by atoms with Gasteiger partial charge in [-0.25, -0.2) is 0 Å². The predicted octanol–water partition coefficient (Wildman–Crippen LogP) is 2.18. The lowest BCUT2D eigenvalue weighted by molar-refractivity contribution is -0.129. The van der Waals surface area contributed by atoms with Crippen molar-refractivity contribution in [1.29, 1.82) is 0 Å². The molecular weight excluding hydrogens is 284 g/mol. The summed E-state index contributed by atoms with van der Waals surface area (Å²) in [6.07, 6.45) is 11.3. The molecule has 5 heteroatoms. The molecule has 0 aliphatic heterocycles. The zero-order chi connectivity index (χ0) is 16.8. The van der Waals surface area contributed by atoms with Crippen molar-refractivity contribution in [2.75, 3.05) is 6.61 Å². The van der Waals surface area contributed by atoms with Gasteiger partial charge in [-0.05, 0) is 18.9 Å². The van der Waals surface area contributed by atoms with E-state index in [2.05, 4.69) is 6.92 Å². The Kier molecular flexibility index (Phi) is 12.4. The Bertz CT molecular complexity index is 385. The summed E-state index contributed by atoms with van der Waals surface area (Å²) in [6.45, 7) is 1.46. The molecule has 0 aromatic carbocycles. The lowest BCUT2D eigenvalue weighted by Crippen LogP contribution is -2.35. The maximum absolute atomic E-state index is 11.4. The minimum atomic E-state index is -1.74. The van der Waals surface area contributed by atoms with Crippen LogP contribution in [-0.4, -0.2) is 45.0 Å². The van der Waals surface area contributed by atoms with E-state index in [0.29, 0.717) is 0 Å². The van der Waals surface area contributed by atoms with Crippen molar-refractivity contribution in [2.24, 2.45) is 0 Å². The standard InChI is InChI=1S/C17H28O5/c1-2-3-4-5-6-7-8-9-10-11-14(19)12-15(20)17(22)16(21)13-18/h8-12,16-19,21-22H,2-7,13H2,1H3/t16-,17?/m0/s1. The minimum absolute atomic E-state index is 0.318. The van der Waals surface area contributed by atoms with Crippen molar-refractivity contribution in [3.8, 4) is 0 Å². The van der Waals surface area contributed by atoms with Crippen LogP contribution in [0.3, 0.4) is 0 Å². The molecule has 0 bridgehead atoms. The lowest BCUT2D eigenvalue weighted by atomic mass is 10.1. The van der Waals surface area contributed by atoms with Gasteiger partial charge in [0.1, 0.15) is 18.0 Å². The van der Waals surface area contributed by atoms with E-state index in [9.17, 15) is 15.0 Å². The van der Waals surface area contributed by atoms with Crippen LogP contribution in [0.4, 0.5) is 0 Å². The van der Waals surface area contributed by atoms with Gasteiger partial charge in [0, 0.05) is 6.08 Å². The molecule has 0 aliphatic rings. The van der Waals surface area contributed by atoms with Crippen LogP contribution >= 0.6 is 0 Å². The second-order valence-corrected chi connectivity index (χ2v) is 5.16. The molecule has 0 aromatic heterocycles. The molecule has 0 aromatic rings. The Balaban J connectivity index is 4.05. The molecule has 0 rings (SSSR count). The van der Waals surface area contributed by atoms with Crippen LogP contribution in [0.25, 0.3) is 0 Å². The first kappa shape index (κ1) is 20.6. The fourth-order valence-corrected chi connectivity index (χ4v) is 1.76. The highest BCUT2D eigenvalue weighted by Crippen LogP contribution is 2.05. The fraction of sp³-hybridized carbons (Fsp3) is 0.588. The SMILES string of the molecule is CCCCCCCC=CC=CC(O)=CC(=O)C(O)[C@@H](O)CO. The first-order valence-corrected chi connectivity index (χ1v) is 7.77. The Morgan fingerprint density at radius 1 is 1.09 bits per heavy atom. The second-order valence-electron chi connectivity index (χ2n) is 5.16. The van der Waals surface area contributed by atoms with E-state index >= 15 is 0 Å². The molecule has 0 spiro atoms. The Labute approximate surface area is 132 Å². The van der Waals surface area contributed by atoms with E-state index in [1.807, 2.05) is 6.08 Å². The van der Waals surface area contributed by atoms with E-state index in [1.165, 1.54) is 31.8 Å². The average Bonchev–Trinajstić information content (AvgIpc) is 2.51. The van der Waals surface area contributed by atoms with E-state index in [1.54, 1.807) is 12.2 Å². The molecule has 0 fully saturated rings. The number of rotatable bonds is 12. The van der Waals surface area contributed by atoms with E-state index in [0.717, 1.165) is 18.9 Å². The van der Waals surface area contributed by atoms with Crippen LogP contribution in [0.2, 0.25) is 0 Å². The Morgan fingerprint density at radius 2 is 1.77 bits per heavy atom. The summed E-state index contributed by atoms with van der Waals surface area (Å²) < 4.78 is 0. The molecule has 126 valence electrons. The second kappa shape index (κ2) is 13.2. The molecule has 0 saturated carbocycles. The van der Waals surface area contributed by atoms with Crippen LogP contribution in [0.1, 0.15) is 45.4 Å². The van der Waals surface area contributed by atoms with Gasteiger partial charge in [0.15, 0.2) is 5.78 Å². The number of carbonyl (C=O) groups is 1. The van der Waals surface area contributed by atoms with Crippen molar-refractivity contribution >= 4 is 5.78 Å². The molecule has 5 nitrogen and oxygen atoms in total. The van der Waals surface area contributed by atoms with Gasteiger partial charge < -0.3 is 20.4 Å². The van der Waals surface area contributed by atoms with Crippen molar-refractivity contribution in [3.05, 3.63) is 36.1 Å². The summed E-state index contributed by atoms with van der Waals surface area (Å²) in [5, 5.41) is 36.5. The molecule has 1 unspecified atom stereocenters. The van der Waals surface area contributed by atoms with E-state index in [4.69, 9.17) is 10.2 Å². The van der Waals surface area contributed by atoms with Crippen molar-refractivity contribution < 1.29 is 25.2 Å². The van der Waals surface area contributed by atoms with Crippen LogP contribution < -0.4 is 0 Å². The third kappa shape index (κ3) is 10.3. The van der Waals surface area contributed by atoms with Gasteiger partial charge in [-0.2, -0.15) is 0 Å². The smallest absolute Gasteiger partial charge is 0.190 e. The fourth-order valence-electron chi connectivity index (χ4n) is 1.76. The number of aliphatic hydroxyl groups is 4. The van der Waals surface area contributed by atoms with Crippen molar-refractivity contribution in [3.63, 3.8) is 0 Å². The first-order chi connectivity index (χ1) is 10.5. The summed E-state index contributed by atoms with van der Waals surface area (Å²) in [5.74, 6) is -1.18. The summed E-state index contributed by atoms with van der Waals surface area (Å²) in [4.78, 5) is 11.4. The normalized spacial score (nSPS) is 15.5. The van der Waals surface area contributed by atoms with Gasteiger partial charge in [0.2, 0.25) is 0 Å². The quantitative estimate of drug-likeness (QED) is 0.192. The number of carbonyl (C=O) groups excluding carboxylic acids is 1. The zero-order valence-electron chi connectivity index (χ0n) is 13.2. The first-order valence-electron chi connectivity index (χ1n) is 7.77. The van der Waals surface area contributed by atoms with E-state index < -0.39 is 24.6 Å². The highest BCUT2D eigenvalue weighted by molar-refractivity contribution is 5.94. The maximum atomic E-state index is 11.4. The maximum Gasteiger partial charge on any atom is 0.190 e. The van der Waals surface area contributed by atoms with Crippen LogP contribution in [0.5, 0.6) is 0 Å². The molecule has 2 atom stereocenters. The number of unbranched alkanes of at least 4 members (excludes halogenated alkanes) is 5. The topological polar surface area (TPSA) is 98.0 Å². The molecule has 22 heavy (non-hydrogen) atoms. The highest BCUT2D eigenvalue weighted by Gasteiger charge is 2.21. The van der Waals surface area contributed by atoms with Gasteiger partial charge in [-0.1, -0.05) is 50.8 Å². The average molecular weight is 312 g/mol. The van der Waals surface area contributed by atoms with Crippen LogP contribution in [0.15, 0.2) is 36.1 Å². The molecule has 0 heterocycles. The van der Waals surface area contributed by atoms with Gasteiger partial charge in [-0.3, -0.25) is 4.79 Å². The number of hydrogen-bond donors (Lipinski definition) is 4. The molecule has 0 saturated heterocycles. The van der Waals surface area contributed by atoms with Gasteiger partial charge in [0.05, 0.1) is 6.61 Å². The molecule has 0 aliphatic carbocycles. The van der Waals surface area contributed by atoms with Crippen molar-refractivity contribution in [1.82, 2.24) is 0 Å². The summed E-state index contributed by atoms with van der Waals surface area (Å²) >= 11 is 0. The van der Waals surface area contributed by atoms with Crippen LogP contribution in [0, 0.1) is 0 Å².